The van der Waals surface area contributed by atoms with Crippen LogP contribution in [0.5, 0.6) is 5.88 Å². The molecule has 15 heavy (non-hydrogen) atoms. The van der Waals surface area contributed by atoms with E-state index in [1.54, 1.807) is 7.11 Å². The smallest absolute Gasteiger partial charge is 0.215 e. The molecule has 0 fully saturated rings. The fourth-order valence-corrected chi connectivity index (χ4v) is 1.85. The van der Waals surface area contributed by atoms with E-state index in [2.05, 4.69) is 23.9 Å². The third-order valence-electron chi connectivity index (χ3n) is 2.49. The molecule has 0 aliphatic heterocycles. The van der Waals surface area contributed by atoms with Gasteiger partial charge in [-0.05, 0) is 25.8 Å². The second kappa shape index (κ2) is 3.53. The van der Waals surface area contributed by atoms with Crippen molar-refractivity contribution in [1.29, 1.82) is 0 Å². The van der Waals surface area contributed by atoms with Crippen LogP contribution in [0.4, 0.5) is 0 Å². The summed E-state index contributed by atoms with van der Waals surface area (Å²) < 4.78 is 7.11. The number of aryl methyl sites for hydroxylation is 3. The number of rotatable bonds is 2. The summed E-state index contributed by atoms with van der Waals surface area (Å²) in [6, 6.07) is 1.99. The fraction of sp³-hybridized carbons (Fsp3) is 0.455. The van der Waals surface area contributed by atoms with E-state index in [0.717, 1.165) is 34.9 Å². The first kappa shape index (κ1) is 9.96. The van der Waals surface area contributed by atoms with Crippen LogP contribution in [-0.2, 0) is 6.42 Å². The lowest BCUT2D eigenvalue weighted by Crippen LogP contribution is -2.04. The number of ether oxygens (including phenoxy) is 1. The van der Waals surface area contributed by atoms with Crippen LogP contribution in [0.25, 0.3) is 5.52 Å². The minimum Gasteiger partial charge on any atom is -0.481 e. The van der Waals surface area contributed by atoms with Gasteiger partial charge in [0.15, 0.2) is 0 Å². The van der Waals surface area contributed by atoms with Gasteiger partial charge in [-0.15, -0.1) is 5.10 Å². The summed E-state index contributed by atoms with van der Waals surface area (Å²) in [5, 5.41) is 4.36. The predicted octanol–water partition coefficient (Wildman–Crippen LogP) is 1.92. The second-order valence-corrected chi connectivity index (χ2v) is 3.59. The van der Waals surface area contributed by atoms with Gasteiger partial charge in [0.1, 0.15) is 5.82 Å². The molecule has 0 aliphatic carbocycles. The molecular formula is C11H15N3O. The van der Waals surface area contributed by atoms with Gasteiger partial charge in [-0.2, -0.15) is 4.52 Å². The summed E-state index contributed by atoms with van der Waals surface area (Å²) in [7, 11) is 1.66. The Kier molecular flexibility index (Phi) is 2.34. The molecule has 80 valence electrons. The van der Waals surface area contributed by atoms with Crippen molar-refractivity contribution in [3.05, 3.63) is 23.1 Å². The summed E-state index contributed by atoms with van der Waals surface area (Å²) in [6.07, 6.45) is 0.904. The van der Waals surface area contributed by atoms with Crippen molar-refractivity contribution in [2.24, 2.45) is 0 Å². The summed E-state index contributed by atoms with van der Waals surface area (Å²) in [5.74, 6) is 1.54. The van der Waals surface area contributed by atoms with Crippen molar-refractivity contribution in [2.75, 3.05) is 7.11 Å². The van der Waals surface area contributed by atoms with Crippen molar-refractivity contribution < 1.29 is 4.74 Å². The maximum atomic E-state index is 5.28. The average molecular weight is 205 g/mol. The van der Waals surface area contributed by atoms with E-state index in [1.165, 1.54) is 0 Å². The maximum absolute atomic E-state index is 5.28. The van der Waals surface area contributed by atoms with E-state index >= 15 is 0 Å². The predicted molar refractivity (Wildman–Crippen MR) is 58.4 cm³/mol. The molecular weight excluding hydrogens is 190 g/mol. The second-order valence-electron chi connectivity index (χ2n) is 3.59. The van der Waals surface area contributed by atoms with Crippen LogP contribution in [0, 0.1) is 13.8 Å². The molecule has 0 spiro atoms. The zero-order valence-corrected chi connectivity index (χ0v) is 9.53. The first-order chi connectivity index (χ1) is 7.17. The van der Waals surface area contributed by atoms with E-state index < -0.39 is 0 Å². The molecule has 2 heterocycles. The standard InChI is InChI=1S/C11H15N3O/c1-5-9-11-7(2)6-10(15-4)14(11)13-8(3)12-9/h6H,5H2,1-4H3. The monoisotopic (exact) mass is 205 g/mol. The van der Waals surface area contributed by atoms with Crippen LogP contribution in [0.15, 0.2) is 6.07 Å². The summed E-state index contributed by atoms with van der Waals surface area (Å²) in [5.41, 5.74) is 3.30. The number of hydrogen-bond acceptors (Lipinski definition) is 3. The van der Waals surface area contributed by atoms with Crippen LogP contribution in [-0.4, -0.2) is 21.7 Å². The van der Waals surface area contributed by atoms with Crippen LogP contribution >= 0.6 is 0 Å². The molecule has 0 unspecified atom stereocenters. The number of methoxy groups -OCH3 is 1. The van der Waals surface area contributed by atoms with E-state index in [0.29, 0.717) is 0 Å². The molecule has 0 amide bonds. The SMILES string of the molecule is CCc1nc(C)nn2c(OC)cc(C)c12. The van der Waals surface area contributed by atoms with Crippen molar-refractivity contribution in [3.63, 3.8) is 0 Å². The van der Waals surface area contributed by atoms with E-state index in [4.69, 9.17) is 4.74 Å². The molecule has 0 N–H and O–H groups in total. The lowest BCUT2D eigenvalue weighted by Gasteiger charge is -2.05. The highest BCUT2D eigenvalue weighted by atomic mass is 16.5. The number of nitrogens with zero attached hydrogens (tertiary/aromatic N) is 3. The number of aromatic nitrogens is 3. The highest BCUT2D eigenvalue weighted by molar-refractivity contribution is 5.61. The maximum Gasteiger partial charge on any atom is 0.215 e. The number of hydrogen-bond donors (Lipinski definition) is 0. The van der Waals surface area contributed by atoms with Gasteiger partial charge in [-0.1, -0.05) is 6.92 Å². The Hall–Kier alpha value is -1.58. The Morgan fingerprint density at radius 2 is 2.13 bits per heavy atom. The van der Waals surface area contributed by atoms with Crippen LogP contribution < -0.4 is 4.74 Å². The van der Waals surface area contributed by atoms with Gasteiger partial charge in [-0.25, -0.2) is 4.98 Å². The van der Waals surface area contributed by atoms with E-state index in [1.807, 2.05) is 17.5 Å². The molecule has 0 saturated heterocycles. The summed E-state index contributed by atoms with van der Waals surface area (Å²) in [4.78, 5) is 4.44. The zero-order valence-electron chi connectivity index (χ0n) is 9.53. The molecule has 2 rings (SSSR count). The molecule has 0 aliphatic rings. The molecule has 0 atom stereocenters. The van der Waals surface area contributed by atoms with E-state index in [9.17, 15) is 0 Å². The third kappa shape index (κ3) is 1.46. The Balaban J connectivity index is 2.85. The minimum absolute atomic E-state index is 0.766. The Morgan fingerprint density at radius 1 is 1.40 bits per heavy atom. The van der Waals surface area contributed by atoms with E-state index in [-0.39, 0.29) is 0 Å². The van der Waals surface area contributed by atoms with Gasteiger partial charge in [0.05, 0.1) is 18.3 Å². The quantitative estimate of drug-likeness (QED) is 0.752. The lowest BCUT2D eigenvalue weighted by molar-refractivity contribution is 0.386. The highest BCUT2D eigenvalue weighted by Crippen LogP contribution is 2.23. The van der Waals surface area contributed by atoms with Crippen molar-refractivity contribution in [1.82, 2.24) is 14.6 Å². The van der Waals surface area contributed by atoms with Crippen LogP contribution in [0.2, 0.25) is 0 Å². The number of fused-ring (bicyclic) bond motifs is 1. The molecule has 0 saturated carbocycles. The first-order valence-electron chi connectivity index (χ1n) is 5.07. The molecule has 4 heteroatoms. The Labute approximate surface area is 88.9 Å². The Morgan fingerprint density at radius 3 is 2.73 bits per heavy atom. The third-order valence-corrected chi connectivity index (χ3v) is 2.49. The van der Waals surface area contributed by atoms with Crippen LogP contribution in [0.1, 0.15) is 24.0 Å². The molecule has 0 radical (unpaired) electrons. The topological polar surface area (TPSA) is 39.4 Å². The van der Waals surface area contributed by atoms with Gasteiger partial charge >= 0.3 is 0 Å². The molecule has 0 bridgehead atoms. The molecule has 4 nitrogen and oxygen atoms in total. The lowest BCUT2D eigenvalue weighted by atomic mass is 10.2. The van der Waals surface area contributed by atoms with Crippen molar-refractivity contribution >= 4 is 5.52 Å². The molecule has 0 aromatic carbocycles. The summed E-state index contributed by atoms with van der Waals surface area (Å²) in [6.45, 7) is 6.05. The van der Waals surface area contributed by atoms with Gasteiger partial charge in [0.25, 0.3) is 0 Å². The zero-order chi connectivity index (χ0) is 11.0. The van der Waals surface area contributed by atoms with Crippen LogP contribution in [0.3, 0.4) is 0 Å². The normalized spacial score (nSPS) is 10.9. The van der Waals surface area contributed by atoms with Crippen molar-refractivity contribution in [3.8, 4) is 5.88 Å². The van der Waals surface area contributed by atoms with Gasteiger partial charge < -0.3 is 4.74 Å². The highest BCUT2D eigenvalue weighted by Gasteiger charge is 2.12. The summed E-state index contributed by atoms with van der Waals surface area (Å²) >= 11 is 0. The fourth-order valence-electron chi connectivity index (χ4n) is 1.85. The Bertz CT molecular complexity index is 502. The van der Waals surface area contributed by atoms with Gasteiger partial charge in [-0.3, -0.25) is 0 Å². The largest absolute Gasteiger partial charge is 0.481 e. The minimum atomic E-state index is 0.766. The average Bonchev–Trinajstić information content (AvgIpc) is 2.54. The van der Waals surface area contributed by atoms with Crippen molar-refractivity contribution in [2.45, 2.75) is 27.2 Å². The first-order valence-corrected chi connectivity index (χ1v) is 5.07. The molecule has 2 aromatic heterocycles. The van der Waals surface area contributed by atoms with Gasteiger partial charge in [0.2, 0.25) is 5.88 Å². The van der Waals surface area contributed by atoms with Gasteiger partial charge in [0, 0.05) is 6.07 Å². The molecule has 2 aromatic rings.